The van der Waals surface area contributed by atoms with E-state index in [9.17, 15) is 5.11 Å². The third kappa shape index (κ3) is 3.43. The van der Waals surface area contributed by atoms with E-state index in [2.05, 4.69) is 0 Å². The topological polar surface area (TPSA) is 47.9 Å². The Kier molecular flexibility index (Phi) is 6.16. The smallest absolute Gasteiger partial charge is 0.381 e. The molecule has 0 radical (unpaired) electrons. The van der Waals surface area contributed by atoms with Crippen molar-refractivity contribution in [3.63, 3.8) is 0 Å². The summed E-state index contributed by atoms with van der Waals surface area (Å²) in [5.41, 5.74) is 0.747. The lowest BCUT2D eigenvalue weighted by atomic mass is 10.1. The summed E-state index contributed by atoms with van der Waals surface area (Å²) in [6.07, 6.45) is 0. The molecule has 5 heteroatoms. The van der Waals surface area contributed by atoms with Gasteiger partial charge in [0.1, 0.15) is 0 Å². The number of hydrogen-bond acceptors (Lipinski definition) is 4. The molecule has 0 aromatic heterocycles. The van der Waals surface area contributed by atoms with Crippen LogP contribution in [-0.2, 0) is 18.5 Å². The third-order valence-corrected chi connectivity index (χ3v) is 6.42. The first-order valence-electron chi connectivity index (χ1n) is 6.73. The van der Waals surface area contributed by atoms with Crippen LogP contribution in [0.4, 0.5) is 0 Å². The first-order chi connectivity index (χ1) is 9.04. The summed E-state index contributed by atoms with van der Waals surface area (Å²) in [6, 6.07) is 9.39. The Balaban J connectivity index is 3.20. The van der Waals surface area contributed by atoms with Crippen LogP contribution in [-0.4, -0.2) is 33.7 Å². The first kappa shape index (κ1) is 16.3. The van der Waals surface area contributed by atoms with Gasteiger partial charge in [-0.1, -0.05) is 30.3 Å². The molecular formula is C14H24O4Si. The molecule has 0 bridgehead atoms. The van der Waals surface area contributed by atoms with Crippen molar-refractivity contribution in [2.24, 2.45) is 0 Å². The molecule has 1 atom stereocenters. The fourth-order valence-electron chi connectivity index (χ4n) is 2.06. The molecule has 1 unspecified atom stereocenters. The van der Waals surface area contributed by atoms with E-state index in [1.54, 1.807) is 6.92 Å². The molecule has 1 aromatic carbocycles. The van der Waals surface area contributed by atoms with Gasteiger partial charge in [0.05, 0.1) is 0 Å². The van der Waals surface area contributed by atoms with Gasteiger partial charge in [-0.2, -0.15) is 0 Å². The van der Waals surface area contributed by atoms with E-state index >= 15 is 0 Å². The molecule has 108 valence electrons. The highest BCUT2D eigenvalue weighted by Gasteiger charge is 2.58. The zero-order valence-electron chi connectivity index (χ0n) is 12.2. The molecule has 0 heterocycles. The van der Waals surface area contributed by atoms with Crippen LogP contribution < -0.4 is 0 Å². The van der Waals surface area contributed by atoms with Crippen LogP contribution >= 0.6 is 0 Å². The lowest BCUT2D eigenvalue weighted by Crippen LogP contribution is -2.62. The molecule has 0 fully saturated rings. The normalized spacial score (nSPS) is 15.2. The van der Waals surface area contributed by atoms with Gasteiger partial charge in [-0.05, 0) is 33.3 Å². The average molecular weight is 284 g/mol. The SMILES string of the molecule is CCO[Si](OCC)(OCC)C(C)(O)c1ccccc1. The second-order valence-electron chi connectivity index (χ2n) is 4.29. The molecule has 0 aliphatic carbocycles. The first-order valence-corrected chi connectivity index (χ1v) is 8.46. The van der Waals surface area contributed by atoms with Crippen molar-refractivity contribution in [1.82, 2.24) is 0 Å². The zero-order chi connectivity index (χ0) is 14.4. The highest BCUT2D eigenvalue weighted by atomic mass is 28.4. The van der Waals surface area contributed by atoms with Crippen molar-refractivity contribution in [2.45, 2.75) is 32.9 Å². The number of benzene rings is 1. The molecule has 0 saturated carbocycles. The number of rotatable bonds is 8. The van der Waals surface area contributed by atoms with Gasteiger partial charge in [0, 0.05) is 19.8 Å². The van der Waals surface area contributed by atoms with E-state index < -0.39 is 14.0 Å². The Labute approximate surface area is 116 Å². The van der Waals surface area contributed by atoms with Gasteiger partial charge < -0.3 is 18.4 Å². The van der Waals surface area contributed by atoms with Gasteiger partial charge in [0.2, 0.25) is 0 Å². The van der Waals surface area contributed by atoms with E-state index in [0.29, 0.717) is 19.8 Å². The maximum Gasteiger partial charge on any atom is 0.538 e. The van der Waals surface area contributed by atoms with Crippen molar-refractivity contribution in [1.29, 1.82) is 0 Å². The van der Waals surface area contributed by atoms with Crippen LogP contribution in [0.2, 0.25) is 0 Å². The molecule has 1 rings (SSSR count). The molecule has 1 aromatic rings. The fraction of sp³-hybridized carbons (Fsp3) is 0.571. The summed E-state index contributed by atoms with van der Waals surface area (Å²) in [5.74, 6) is 0. The molecule has 4 nitrogen and oxygen atoms in total. The lowest BCUT2D eigenvalue weighted by molar-refractivity contribution is -0.0229. The van der Waals surface area contributed by atoms with E-state index in [1.165, 1.54) is 0 Å². The Hall–Kier alpha value is -0.723. The quantitative estimate of drug-likeness (QED) is 0.745. The second-order valence-corrected chi connectivity index (χ2v) is 7.25. The minimum atomic E-state index is -3.21. The van der Waals surface area contributed by atoms with Gasteiger partial charge in [0.15, 0.2) is 5.22 Å². The van der Waals surface area contributed by atoms with Crippen LogP contribution in [0.5, 0.6) is 0 Å². The van der Waals surface area contributed by atoms with Crippen molar-refractivity contribution in [2.75, 3.05) is 19.8 Å². The van der Waals surface area contributed by atoms with Gasteiger partial charge >= 0.3 is 8.80 Å². The highest BCUT2D eigenvalue weighted by molar-refractivity contribution is 6.63. The molecule has 0 amide bonds. The molecule has 0 spiro atoms. The maximum atomic E-state index is 11.0. The fourth-order valence-corrected chi connectivity index (χ4v) is 4.81. The predicted octanol–water partition coefficient (Wildman–Crippen LogP) is 2.48. The highest BCUT2D eigenvalue weighted by Crippen LogP contribution is 2.34. The summed E-state index contributed by atoms with van der Waals surface area (Å²) in [7, 11) is -3.21. The molecule has 19 heavy (non-hydrogen) atoms. The van der Waals surface area contributed by atoms with Gasteiger partial charge in [-0.25, -0.2) is 0 Å². The van der Waals surface area contributed by atoms with E-state index in [-0.39, 0.29) is 0 Å². The average Bonchev–Trinajstić information content (AvgIpc) is 2.40. The van der Waals surface area contributed by atoms with Gasteiger partial charge in [-0.3, -0.25) is 0 Å². The van der Waals surface area contributed by atoms with E-state index in [1.807, 2.05) is 51.1 Å². The zero-order valence-corrected chi connectivity index (χ0v) is 13.2. The Morgan fingerprint density at radius 2 is 1.37 bits per heavy atom. The van der Waals surface area contributed by atoms with E-state index in [4.69, 9.17) is 13.3 Å². The summed E-state index contributed by atoms with van der Waals surface area (Å²) >= 11 is 0. The minimum absolute atomic E-state index is 0.440. The molecule has 1 N–H and O–H groups in total. The number of hydrogen-bond donors (Lipinski definition) is 1. The van der Waals surface area contributed by atoms with Crippen LogP contribution in [0, 0.1) is 0 Å². The van der Waals surface area contributed by atoms with Crippen molar-refractivity contribution in [3.8, 4) is 0 Å². The van der Waals surface area contributed by atoms with Crippen LogP contribution in [0.25, 0.3) is 0 Å². The predicted molar refractivity (Wildman–Crippen MR) is 76.6 cm³/mol. The Morgan fingerprint density at radius 1 is 0.947 bits per heavy atom. The largest absolute Gasteiger partial charge is 0.538 e. The molecule has 0 aliphatic heterocycles. The molecular weight excluding hydrogens is 260 g/mol. The standard InChI is InChI=1S/C14H24O4Si/c1-5-16-19(17-6-2,18-7-3)14(4,15)13-11-9-8-10-12-13/h8-12,15H,5-7H2,1-4H3. The van der Waals surface area contributed by atoms with Gasteiger partial charge in [-0.15, -0.1) is 0 Å². The molecule has 0 aliphatic rings. The summed E-state index contributed by atoms with van der Waals surface area (Å²) in [4.78, 5) is 0. The van der Waals surface area contributed by atoms with Crippen molar-refractivity contribution < 1.29 is 18.4 Å². The number of aliphatic hydroxyl groups is 1. The summed E-state index contributed by atoms with van der Waals surface area (Å²) in [6.45, 7) is 8.65. The van der Waals surface area contributed by atoms with Crippen molar-refractivity contribution >= 4 is 8.80 Å². The van der Waals surface area contributed by atoms with Crippen LogP contribution in [0.15, 0.2) is 30.3 Å². The van der Waals surface area contributed by atoms with E-state index in [0.717, 1.165) is 5.56 Å². The maximum absolute atomic E-state index is 11.0. The monoisotopic (exact) mass is 284 g/mol. The summed E-state index contributed by atoms with van der Waals surface area (Å²) < 4.78 is 17.3. The third-order valence-electron chi connectivity index (χ3n) is 2.94. The van der Waals surface area contributed by atoms with Crippen LogP contribution in [0.1, 0.15) is 33.3 Å². The van der Waals surface area contributed by atoms with Crippen LogP contribution in [0.3, 0.4) is 0 Å². The minimum Gasteiger partial charge on any atom is -0.381 e. The van der Waals surface area contributed by atoms with Gasteiger partial charge in [0.25, 0.3) is 0 Å². The van der Waals surface area contributed by atoms with Crippen molar-refractivity contribution in [3.05, 3.63) is 35.9 Å². The summed E-state index contributed by atoms with van der Waals surface area (Å²) in [5, 5.41) is 9.71. The Bertz CT molecular complexity index is 350. The Morgan fingerprint density at radius 3 is 1.74 bits per heavy atom. The lowest BCUT2D eigenvalue weighted by Gasteiger charge is -2.39. The second kappa shape index (κ2) is 7.16. The molecule has 0 saturated heterocycles.